The molecule has 0 bridgehead atoms. The van der Waals surface area contributed by atoms with E-state index < -0.39 is 11.7 Å². The molecule has 0 saturated carbocycles. The Kier molecular flexibility index (Phi) is 5.83. The predicted octanol–water partition coefficient (Wildman–Crippen LogP) is 3.88. The minimum absolute atomic E-state index is 0.467. The maximum absolute atomic E-state index is 10.6. The summed E-state index contributed by atoms with van der Waals surface area (Å²) in [4.78, 5) is 0. The molecule has 1 N–H and O–H groups in total. The summed E-state index contributed by atoms with van der Waals surface area (Å²) in [5.74, 6) is 0. The summed E-state index contributed by atoms with van der Waals surface area (Å²) in [6, 6.07) is 8.23. The van der Waals surface area contributed by atoms with Crippen LogP contribution in [0.5, 0.6) is 0 Å². The Morgan fingerprint density at radius 3 is 2.39 bits per heavy atom. The van der Waals surface area contributed by atoms with Crippen molar-refractivity contribution in [1.29, 1.82) is 0 Å². The molecule has 0 fully saturated rings. The number of hydrogen-bond donors (Lipinski definition) is 1. The second-order valence-electron chi connectivity index (χ2n) is 4.87. The van der Waals surface area contributed by atoms with Crippen LogP contribution in [0.1, 0.15) is 57.3 Å². The molecule has 0 aliphatic rings. The number of benzene rings is 1. The van der Waals surface area contributed by atoms with Crippen molar-refractivity contribution in [3.63, 3.8) is 0 Å². The van der Waals surface area contributed by atoms with Gasteiger partial charge in [0.05, 0.1) is 5.60 Å². The number of aliphatic hydroxyl groups is 1. The number of methoxy groups -OCH3 is 1. The first-order valence-electron chi connectivity index (χ1n) is 6.95. The molecule has 1 aromatic carbocycles. The highest BCUT2D eigenvalue weighted by Gasteiger charge is 2.35. The Balaban J connectivity index is 3.01. The lowest BCUT2D eigenvalue weighted by molar-refractivity contribution is -0.109. The fraction of sp³-hybridized carbons (Fsp3) is 0.625. The first-order valence-corrected chi connectivity index (χ1v) is 6.95. The number of hydrogen-bond acceptors (Lipinski definition) is 2. The summed E-state index contributed by atoms with van der Waals surface area (Å²) < 4.78 is 5.60. The van der Waals surface area contributed by atoms with Crippen molar-refractivity contribution in [1.82, 2.24) is 0 Å². The fourth-order valence-electron chi connectivity index (χ4n) is 2.55. The molecule has 1 aromatic rings. The van der Waals surface area contributed by atoms with E-state index in [-0.39, 0.29) is 0 Å². The number of ether oxygens (including phenoxy) is 1. The van der Waals surface area contributed by atoms with Gasteiger partial charge in [0.15, 0.2) is 0 Å². The zero-order valence-electron chi connectivity index (χ0n) is 12.1. The van der Waals surface area contributed by atoms with E-state index in [0.717, 1.165) is 31.2 Å². The van der Waals surface area contributed by atoms with Gasteiger partial charge in [-0.15, -0.1) is 0 Å². The van der Waals surface area contributed by atoms with Crippen molar-refractivity contribution in [2.24, 2.45) is 0 Å². The molecular formula is C16H26O2. The van der Waals surface area contributed by atoms with Crippen molar-refractivity contribution in [3.8, 4) is 0 Å². The normalized spacial score (nSPS) is 13.6. The minimum atomic E-state index is -0.561. The molecule has 2 nitrogen and oxygen atoms in total. The molecule has 0 aromatic heterocycles. The number of aryl methyl sites for hydroxylation is 1. The molecule has 1 rings (SSSR count). The molecule has 2 heteroatoms. The zero-order chi connectivity index (χ0) is 13.6. The lowest BCUT2D eigenvalue weighted by atomic mass is 9.85. The molecule has 0 aliphatic heterocycles. The fourth-order valence-corrected chi connectivity index (χ4v) is 2.55. The van der Waals surface area contributed by atoms with E-state index in [2.05, 4.69) is 32.9 Å². The van der Waals surface area contributed by atoms with Crippen molar-refractivity contribution < 1.29 is 9.84 Å². The van der Waals surface area contributed by atoms with Crippen LogP contribution in [0.4, 0.5) is 0 Å². The third-order valence-corrected chi connectivity index (χ3v) is 3.91. The molecule has 0 saturated heterocycles. The molecule has 0 amide bonds. The van der Waals surface area contributed by atoms with Gasteiger partial charge in [-0.1, -0.05) is 51.5 Å². The maximum Gasteiger partial charge on any atom is 0.108 e. The van der Waals surface area contributed by atoms with Gasteiger partial charge in [0.2, 0.25) is 0 Å². The number of rotatable bonds is 7. The Morgan fingerprint density at radius 1 is 1.22 bits per heavy atom. The van der Waals surface area contributed by atoms with Gasteiger partial charge in [0.1, 0.15) is 6.10 Å². The van der Waals surface area contributed by atoms with Gasteiger partial charge >= 0.3 is 0 Å². The van der Waals surface area contributed by atoms with Gasteiger partial charge in [-0.2, -0.15) is 0 Å². The maximum atomic E-state index is 10.6. The Hall–Kier alpha value is -0.860. The monoisotopic (exact) mass is 250 g/mol. The summed E-state index contributed by atoms with van der Waals surface area (Å²) in [6.07, 6.45) is 3.22. The highest BCUT2D eigenvalue weighted by atomic mass is 16.5. The van der Waals surface area contributed by atoms with Crippen molar-refractivity contribution >= 4 is 0 Å². The minimum Gasteiger partial charge on any atom is -0.385 e. The molecule has 0 spiro atoms. The second-order valence-corrected chi connectivity index (χ2v) is 4.87. The van der Waals surface area contributed by atoms with Crippen molar-refractivity contribution in [2.45, 2.75) is 58.2 Å². The van der Waals surface area contributed by atoms with E-state index in [1.54, 1.807) is 7.11 Å². The molecule has 0 radical (unpaired) electrons. The van der Waals surface area contributed by atoms with Crippen LogP contribution in [0.15, 0.2) is 24.3 Å². The summed E-state index contributed by atoms with van der Waals surface area (Å²) in [5.41, 5.74) is 1.78. The quantitative estimate of drug-likeness (QED) is 0.796. The second kappa shape index (κ2) is 6.91. The summed E-state index contributed by atoms with van der Waals surface area (Å²) in [7, 11) is 1.69. The van der Waals surface area contributed by atoms with Gasteiger partial charge in [-0.25, -0.2) is 0 Å². The Morgan fingerprint density at radius 2 is 1.89 bits per heavy atom. The van der Waals surface area contributed by atoms with Crippen LogP contribution in [-0.4, -0.2) is 17.8 Å². The third kappa shape index (κ3) is 3.12. The van der Waals surface area contributed by atoms with Gasteiger partial charge < -0.3 is 9.84 Å². The molecular weight excluding hydrogens is 224 g/mol. The van der Waals surface area contributed by atoms with E-state index in [9.17, 15) is 5.11 Å². The van der Waals surface area contributed by atoms with E-state index in [0.29, 0.717) is 0 Å². The van der Waals surface area contributed by atoms with Crippen LogP contribution in [0.25, 0.3) is 0 Å². The standard InChI is InChI=1S/C16H26O2/c1-5-9-13-10-8-11-14(12-13)15(17)16(6-2,7-3)18-4/h8,10-12,15,17H,5-7,9H2,1-4H3. The van der Waals surface area contributed by atoms with Crippen LogP contribution >= 0.6 is 0 Å². The average molecular weight is 250 g/mol. The molecule has 0 aliphatic carbocycles. The van der Waals surface area contributed by atoms with Gasteiger partial charge in [0, 0.05) is 7.11 Å². The van der Waals surface area contributed by atoms with E-state index in [1.807, 2.05) is 12.1 Å². The lowest BCUT2D eigenvalue weighted by Crippen LogP contribution is -2.37. The highest BCUT2D eigenvalue weighted by Crippen LogP contribution is 2.35. The molecule has 0 heterocycles. The SMILES string of the molecule is CCCc1cccc(C(O)C(CC)(CC)OC)c1. The molecule has 102 valence electrons. The first kappa shape index (κ1) is 15.2. The summed E-state index contributed by atoms with van der Waals surface area (Å²) in [5, 5.41) is 10.6. The third-order valence-electron chi connectivity index (χ3n) is 3.91. The largest absolute Gasteiger partial charge is 0.385 e. The van der Waals surface area contributed by atoms with Crippen molar-refractivity contribution in [3.05, 3.63) is 35.4 Å². The molecule has 1 unspecified atom stereocenters. The van der Waals surface area contributed by atoms with Gasteiger partial charge in [-0.05, 0) is 30.4 Å². The molecule has 18 heavy (non-hydrogen) atoms. The van der Waals surface area contributed by atoms with Gasteiger partial charge in [-0.3, -0.25) is 0 Å². The van der Waals surface area contributed by atoms with Crippen LogP contribution in [0.2, 0.25) is 0 Å². The van der Waals surface area contributed by atoms with Crippen LogP contribution < -0.4 is 0 Å². The molecule has 1 atom stereocenters. The topological polar surface area (TPSA) is 29.5 Å². The van der Waals surface area contributed by atoms with Crippen LogP contribution in [-0.2, 0) is 11.2 Å². The van der Waals surface area contributed by atoms with E-state index in [1.165, 1.54) is 5.56 Å². The zero-order valence-corrected chi connectivity index (χ0v) is 12.1. The smallest absolute Gasteiger partial charge is 0.108 e. The lowest BCUT2D eigenvalue weighted by Gasteiger charge is -2.35. The Labute approximate surface area is 111 Å². The van der Waals surface area contributed by atoms with E-state index in [4.69, 9.17) is 4.74 Å². The van der Waals surface area contributed by atoms with Crippen molar-refractivity contribution in [2.75, 3.05) is 7.11 Å². The predicted molar refractivity (Wildman–Crippen MR) is 75.7 cm³/mol. The van der Waals surface area contributed by atoms with Gasteiger partial charge in [0.25, 0.3) is 0 Å². The van der Waals surface area contributed by atoms with Crippen LogP contribution in [0, 0.1) is 0 Å². The first-order chi connectivity index (χ1) is 8.63. The van der Waals surface area contributed by atoms with E-state index >= 15 is 0 Å². The highest BCUT2D eigenvalue weighted by molar-refractivity contribution is 5.27. The Bertz CT molecular complexity index is 348. The summed E-state index contributed by atoms with van der Waals surface area (Å²) in [6.45, 7) is 6.29. The average Bonchev–Trinajstić information content (AvgIpc) is 2.42. The van der Waals surface area contributed by atoms with Crippen LogP contribution in [0.3, 0.4) is 0 Å². The number of aliphatic hydroxyl groups excluding tert-OH is 1. The summed E-state index contributed by atoms with van der Waals surface area (Å²) >= 11 is 0.